The van der Waals surface area contributed by atoms with E-state index in [0.29, 0.717) is 6.54 Å². The molecule has 0 N–H and O–H groups in total. The molecule has 0 saturated heterocycles. The Bertz CT molecular complexity index is 454. The quantitative estimate of drug-likeness (QED) is 0.455. The zero-order valence-corrected chi connectivity index (χ0v) is 8.62. The smallest absolute Gasteiger partial charge is 0.142 e. The molecule has 2 aromatic rings. The van der Waals surface area contributed by atoms with Gasteiger partial charge in [-0.05, 0) is 5.53 Å². The molecule has 0 bridgehead atoms. The van der Waals surface area contributed by atoms with Crippen molar-refractivity contribution in [2.75, 3.05) is 0 Å². The SMILES string of the molecule is [N-]=[N+]=NCc1nc(-c2nccs2)cs1. The zero-order valence-electron chi connectivity index (χ0n) is 6.99. The number of rotatable bonds is 3. The molecule has 2 rings (SSSR count). The van der Waals surface area contributed by atoms with Crippen molar-refractivity contribution in [3.05, 3.63) is 32.4 Å². The number of thiazole rings is 2. The van der Waals surface area contributed by atoms with Gasteiger partial charge in [0.15, 0.2) is 0 Å². The largest absolute Gasteiger partial charge is 0.243 e. The molecular formula is C7H5N5S2. The first-order valence-corrected chi connectivity index (χ1v) is 5.51. The van der Waals surface area contributed by atoms with Gasteiger partial charge in [0.05, 0.1) is 11.6 Å². The van der Waals surface area contributed by atoms with Crippen molar-refractivity contribution < 1.29 is 0 Å². The Balaban J connectivity index is 2.22. The summed E-state index contributed by atoms with van der Waals surface area (Å²) in [6.45, 7) is 0.312. The summed E-state index contributed by atoms with van der Waals surface area (Å²) in [4.78, 5) is 11.1. The average Bonchev–Trinajstić information content (AvgIpc) is 2.85. The van der Waals surface area contributed by atoms with Gasteiger partial charge in [-0.1, -0.05) is 5.11 Å². The van der Waals surface area contributed by atoms with E-state index < -0.39 is 0 Å². The van der Waals surface area contributed by atoms with Crippen molar-refractivity contribution in [3.8, 4) is 10.7 Å². The first-order valence-electron chi connectivity index (χ1n) is 3.75. The van der Waals surface area contributed by atoms with E-state index in [4.69, 9.17) is 5.53 Å². The van der Waals surface area contributed by atoms with Crippen LogP contribution in [0.4, 0.5) is 0 Å². The third-order valence-electron chi connectivity index (χ3n) is 1.47. The third-order valence-corrected chi connectivity index (χ3v) is 3.10. The lowest BCUT2D eigenvalue weighted by molar-refractivity contribution is 1.02. The molecule has 0 aliphatic heterocycles. The maximum absolute atomic E-state index is 8.14. The standard InChI is InChI=1S/C7H5N5S2/c8-12-10-3-6-11-5(4-14-6)7-9-1-2-13-7/h1-2,4H,3H2. The second-order valence-corrected chi connectivity index (χ2v) is 4.19. The number of azide groups is 1. The average molecular weight is 223 g/mol. The lowest BCUT2D eigenvalue weighted by Crippen LogP contribution is -1.79. The van der Waals surface area contributed by atoms with Gasteiger partial charge in [0.25, 0.3) is 0 Å². The van der Waals surface area contributed by atoms with Crippen LogP contribution in [0.25, 0.3) is 21.1 Å². The van der Waals surface area contributed by atoms with Crippen molar-refractivity contribution in [2.24, 2.45) is 5.11 Å². The van der Waals surface area contributed by atoms with Crippen molar-refractivity contribution in [1.82, 2.24) is 9.97 Å². The van der Waals surface area contributed by atoms with E-state index in [-0.39, 0.29) is 0 Å². The molecular weight excluding hydrogens is 218 g/mol. The number of aromatic nitrogens is 2. The van der Waals surface area contributed by atoms with E-state index in [0.717, 1.165) is 15.7 Å². The normalized spacial score (nSPS) is 9.71. The van der Waals surface area contributed by atoms with Crippen LogP contribution in [0.3, 0.4) is 0 Å². The van der Waals surface area contributed by atoms with Gasteiger partial charge in [-0.15, -0.1) is 22.7 Å². The summed E-state index contributed by atoms with van der Waals surface area (Å²) in [5, 5.41) is 8.98. The molecule has 0 aliphatic rings. The predicted molar refractivity (Wildman–Crippen MR) is 56.1 cm³/mol. The first kappa shape index (κ1) is 9.14. The second-order valence-electron chi connectivity index (χ2n) is 2.35. The van der Waals surface area contributed by atoms with E-state index in [2.05, 4.69) is 20.0 Å². The molecule has 0 radical (unpaired) electrons. The molecule has 0 aliphatic carbocycles. The van der Waals surface area contributed by atoms with Crippen molar-refractivity contribution in [2.45, 2.75) is 6.54 Å². The summed E-state index contributed by atoms with van der Waals surface area (Å²) in [7, 11) is 0. The van der Waals surface area contributed by atoms with E-state index in [1.807, 2.05) is 10.8 Å². The topological polar surface area (TPSA) is 74.5 Å². The van der Waals surface area contributed by atoms with Crippen LogP contribution in [0.15, 0.2) is 22.1 Å². The van der Waals surface area contributed by atoms with Gasteiger partial charge in [0.2, 0.25) is 0 Å². The molecule has 5 nitrogen and oxygen atoms in total. The van der Waals surface area contributed by atoms with Crippen LogP contribution in [0, 0.1) is 0 Å². The Labute approximate surface area is 87.7 Å². The van der Waals surface area contributed by atoms with Gasteiger partial charge in [-0.2, -0.15) is 0 Å². The molecule has 0 atom stereocenters. The van der Waals surface area contributed by atoms with Crippen LogP contribution in [0.1, 0.15) is 5.01 Å². The van der Waals surface area contributed by atoms with Gasteiger partial charge in [-0.25, -0.2) is 9.97 Å². The number of hydrogen-bond acceptors (Lipinski definition) is 5. The minimum absolute atomic E-state index is 0.312. The van der Waals surface area contributed by atoms with Crippen LogP contribution in [0.5, 0.6) is 0 Å². The Morgan fingerprint density at radius 2 is 2.43 bits per heavy atom. The summed E-state index contributed by atoms with van der Waals surface area (Å²) < 4.78 is 0. The molecule has 0 fully saturated rings. The van der Waals surface area contributed by atoms with E-state index in [1.165, 1.54) is 11.3 Å². The molecule has 0 saturated carbocycles. The lowest BCUT2D eigenvalue weighted by Gasteiger charge is -1.85. The molecule has 0 aromatic carbocycles. The first-order chi connectivity index (χ1) is 6.90. The zero-order chi connectivity index (χ0) is 9.80. The summed E-state index contributed by atoms with van der Waals surface area (Å²) in [6, 6.07) is 0. The molecule has 0 spiro atoms. The van der Waals surface area contributed by atoms with Gasteiger partial charge >= 0.3 is 0 Å². The molecule has 70 valence electrons. The van der Waals surface area contributed by atoms with Gasteiger partial charge < -0.3 is 0 Å². The summed E-state index contributed by atoms with van der Waals surface area (Å²) >= 11 is 3.02. The maximum atomic E-state index is 8.14. The number of nitrogens with zero attached hydrogens (tertiary/aromatic N) is 5. The third kappa shape index (κ3) is 1.90. The summed E-state index contributed by atoms with van der Waals surface area (Å²) in [5.41, 5.74) is 9.00. The Kier molecular flexibility index (Phi) is 2.73. The van der Waals surface area contributed by atoms with Crippen LogP contribution in [-0.4, -0.2) is 9.97 Å². The molecule has 0 unspecified atom stereocenters. The lowest BCUT2D eigenvalue weighted by atomic mass is 10.5. The van der Waals surface area contributed by atoms with Gasteiger partial charge in [0.1, 0.15) is 10.7 Å². The van der Waals surface area contributed by atoms with Crippen LogP contribution in [0.2, 0.25) is 0 Å². The van der Waals surface area contributed by atoms with E-state index >= 15 is 0 Å². The molecule has 2 heterocycles. The van der Waals surface area contributed by atoms with E-state index in [9.17, 15) is 0 Å². The molecule has 0 amide bonds. The highest BCUT2D eigenvalue weighted by Crippen LogP contribution is 2.23. The van der Waals surface area contributed by atoms with Crippen LogP contribution in [-0.2, 0) is 6.54 Å². The Hall–Kier alpha value is -1.43. The van der Waals surface area contributed by atoms with Crippen molar-refractivity contribution in [1.29, 1.82) is 0 Å². The van der Waals surface area contributed by atoms with E-state index in [1.54, 1.807) is 17.5 Å². The summed E-state index contributed by atoms with van der Waals surface area (Å²) in [6.07, 6.45) is 1.74. The minimum atomic E-state index is 0.312. The molecule has 7 heteroatoms. The highest BCUT2D eigenvalue weighted by atomic mass is 32.1. The summed E-state index contributed by atoms with van der Waals surface area (Å²) in [5.74, 6) is 0. The Morgan fingerprint density at radius 1 is 1.50 bits per heavy atom. The van der Waals surface area contributed by atoms with Gasteiger partial charge in [0, 0.05) is 21.9 Å². The maximum Gasteiger partial charge on any atom is 0.142 e. The second kappa shape index (κ2) is 4.19. The monoisotopic (exact) mass is 223 g/mol. The van der Waals surface area contributed by atoms with Crippen LogP contribution >= 0.6 is 22.7 Å². The number of hydrogen-bond donors (Lipinski definition) is 0. The predicted octanol–water partition coefficient (Wildman–Crippen LogP) is 3.08. The fraction of sp³-hybridized carbons (Fsp3) is 0.143. The fourth-order valence-corrected chi connectivity index (χ4v) is 2.29. The van der Waals surface area contributed by atoms with Gasteiger partial charge in [-0.3, -0.25) is 0 Å². The van der Waals surface area contributed by atoms with Crippen molar-refractivity contribution >= 4 is 22.7 Å². The Morgan fingerprint density at radius 3 is 3.14 bits per heavy atom. The van der Waals surface area contributed by atoms with Crippen LogP contribution < -0.4 is 0 Å². The molecule has 2 aromatic heterocycles. The highest BCUT2D eigenvalue weighted by molar-refractivity contribution is 7.14. The fourth-order valence-electron chi connectivity index (χ4n) is 0.924. The minimum Gasteiger partial charge on any atom is -0.243 e. The highest BCUT2D eigenvalue weighted by Gasteiger charge is 2.05. The van der Waals surface area contributed by atoms with Crippen molar-refractivity contribution in [3.63, 3.8) is 0 Å². The molecule has 14 heavy (non-hydrogen) atoms.